The first-order valence-corrected chi connectivity index (χ1v) is 12.0. The quantitative estimate of drug-likeness (QED) is 0.216. The fraction of sp³-hybridized carbons (Fsp3) is 0.462. The molecule has 2 fully saturated rings. The van der Waals surface area contributed by atoms with E-state index in [0.29, 0.717) is 31.1 Å². The van der Waals surface area contributed by atoms with E-state index >= 15 is 0 Å². The summed E-state index contributed by atoms with van der Waals surface area (Å²) in [4.78, 5) is 38.4. The fourth-order valence-electron chi connectivity index (χ4n) is 4.89. The number of carbonyl (C=O) groups is 2. The number of imide groups is 1. The summed E-state index contributed by atoms with van der Waals surface area (Å²) in [5.41, 5.74) is 1.02. The van der Waals surface area contributed by atoms with Gasteiger partial charge in [-0.05, 0) is 68.0 Å². The Balaban J connectivity index is 1.51. The minimum absolute atomic E-state index is 0.193. The van der Waals surface area contributed by atoms with Gasteiger partial charge in [0.2, 0.25) is 11.8 Å². The third-order valence-electron chi connectivity index (χ3n) is 6.77. The van der Waals surface area contributed by atoms with Gasteiger partial charge in [-0.25, -0.2) is 4.90 Å². The summed E-state index contributed by atoms with van der Waals surface area (Å²) >= 11 is 0. The zero-order chi connectivity index (χ0) is 24.2. The average molecular weight is 466 g/mol. The van der Waals surface area contributed by atoms with Crippen LogP contribution < -0.4 is 15.0 Å². The van der Waals surface area contributed by atoms with Crippen LogP contribution in [0.3, 0.4) is 0 Å². The van der Waals surface area contributed by atoms with Crippen LogP contribution in [0.25, 0.3) is 0 Å². The summed E-state index contributed by atoms with van der Waals surface area (Å²) in [6.07, 6.45) is 5.54. The maximum absolute atomic E-state index is 13.0. The van der Waals surface area contributed by atoms with Crippen LogP contribution in [0.2, 0.25) is 0 Å². The van der Waals surface area contributed by atoms with E-state index < -0.39 is 4.92 Å². The number of nitrogens with one attached hydrogen (secondary N) is 1. The van der Waals surface area contributed by atoms with Crippen LogP contribution in [-0.4, -0.2) is 23.3 Å². The summed E-state index contributed by atoms with van der Waals surface area (Å²) in [5.74, 6) is 0.0110. The second-order valence-electron chi connectivity index (χ2n) is 9.31. The Hall–Kier alpha value is -3.42. The van der Waals surface area contributed by atoms with Crippen molar-refractivity contribution in [2.24, 2.45) is 17.8 Å². The highest BCUT2D eigenvalue weighted by atomic mass is 16.6. The number of amides is 2. The van der Waals surface area contributed by atoms with Crippen molar-refractivity contribution in [2.75, 3.05) is 16.8 Å². The van der Waals surface area contributed by atoms with Gasteiger partial charge in [-0.15, -0.1) is 0 Å². The largest absolute Gasteiger partial charge is 0.494 e. The first kappa shape index (κ1) is 23.7. The van der Waals surface area contributed by atoms with E-state index in [-0.39, 0.29) is 40.7 Å². The van der Waals surface area contributed by atoms with E-state index in [1.54, 1.807) is 24.3 Å². The van der Waals surface area contributed by atoms with Crippen molar-refractivity contribution in [3.63, 3.8) is 0 Å². The third-order valence-corrected chi connectivity index (χ3v) is 6.77. The number of nitro groups is 1. The minimum atomic E-state index is -0.503. The van der Waals surface area contributed by atoms with Crippen LogP contribution in [-0.2, 0) is 9.59 Å². The standard InChI is InChI=1S/C26H31N3O5/c1-3-4-5-14-34-20-10-7-18(8-11-20)27-23-13-9-19(16-24(23)29(32)33)28-25(30)21-12-6-17(2)15-22(21)26(28)31/h7-11,13,16-17,21-22,27H,3-6,12,14-15H2,1-2H3/t17-,21+,22+/m0/s1. The number of hydrogen-bond acceptors (Lipinski definition) is 6. The molecule has 0 bridgehead atoms. The van der Waals surface area contributed by atoms with E-state index in [1.807, 2.05) is 12.1 Å². The number of fused-ring (bicyclic) bond motifs is 1. The number of nitrogens with zero attached hydrogens (tertiary/aromatic N) is 2. The van der Waals surface area contributed by atoms with Crippen molar-refractivity contribution in [2.45, 2.75) is 52.4 Å². The van der Waals surface area contributed by atoms with Crippen LogP contribution >= 0.6 is 0 Å². The number of anilines is 3. The van der Waals surface area contributed by atoms with Gasteiger partial charge in [0.25, 0.3) is 5.69 Å². The smallest absolute Gasteiger partial charge is 0.294 e. The molecule has 1 heterocycles. The Bertz CT molecular complexity index is 1070. The molecule has 1 saturated heterocycles. The van der Waals surface area contributed by atoms with E-state index in [4.69, 9.17) is 4.74 Å². The van der Waals surface area contributed by atoms with Crippen LogP contribution in [0.4, 0.5) is 22.7 Å². The molecule has 2 amide bonds. The summed E-state index contributed by atoms with van der Waals surface area (Å²) < 4.78 is 5.71. The van der Waals surface area contributed by atoms with Gasteiger partial charge in [0.05, 0.1) is 29.1 Å². The molecule has 2 aromatic rings. The van der Waals surface area contributed by atoms with Gasteiger partial charge >= 0.3 is 0 Å². The molecule has 0 unspecified atom stereocenters. The van der Waals surface area contributed by atoms with Gasteiger partial charge < -0.3 is 10.1 Å². The molecular weight excluding hydrogens is 434 g/mol. The molecule has 2 aliphatic rings. The van der Waals surface area contributed by atoms with Gasteiger partial charge in [-0.2, -0.15) is 0 Å². The highest BCUT2D eigenvalue weighted by molar-refractivity contribution is 6.22. The van der Waals surface area contributed by atoms with E-state index in [2.05, 4.69) is 19.2 Å². The molecule has 2 aromatic carbocycles. The first-order valence-electron chi connectivity index (χ1n) is 12.0. The molecule has 1 N–H and O–H groups in total. The van der Waals surface area contributed by atoms with Gasteiger partial charge in [-0.3, -0.25) is 19.7 Å². The molecule has 1 aliphatic carbocycles. The lowest BCUT2D eigenvalue weighted by Gasteiger charge is -2.25. The highest BCUT2D eigenvalue weighted by Crippen LogP contribution is 2.43. The molecule has 0 radical (unpaired) electrons. The topological polar surface area (TPSA) is 102 Å². The number of hydrogen-bond donors (Lipinski definition) is 1. The Labute approximate surface area is 199 Å². The number of carbonyl (C=O) groups excluding carboxylic acids is 2. The maximum Gasteiger partial charge on any atom is 0.294 e. The fourth-order valence-corrected chi connectivity index (χ4v) is 4.89. The number of rotatable bonds is 9. The van der Waals surface area contributed by atoms with Crippen LogP contribution in [0.1, 0.15) is 52.4 Å². The van der Waals surface area contributed by atoms with Crippen LogP contribution in [0.5, 0.6) is 5.75 Å². The molecular formula is C26H31N3O5. The highest BCUT2D eigenvalue weighted by Gasteiger charge is 2.50. The lowest BCUT2D eigenvalue weighted by molar-refractivity contribution is -0.383. The molecule has 8 nitrogen and oxygen atoms in total. The summed E-state index contributed by atoms with van der Waals surface area (Å²) in [7, 11) is 0. The Morgan fingerprint density at radius 3 is 2.50 bits per heavy atom. The van der Waals surface area contributed by atoms with Crippen LogP contribution in [0, 0.1) is 27.9 Å². The van der Waals surface area contributed by atoms with Crippen molar-refractivity contribution < 1.29 is 19.2 Å². The summed E-state index contributed by atoms with van der Waals surface area (Å²) in [6.45, 7) is 4.88. The molecule has 4 rings (SSSR count). The summed E-state index contributed by atoms with van der Waals surface area (Å²) in [6, 6.07) is 11.7. The molecule has 180 valence electrons. The zero-order valence-corrected chi connectivity index (χ0v) is 19.7. The lowest BCUT2D eigenvalue weighted by atomic mass is 9.76. The SMILES string of the molecule is CCCCCOc1ccc(Nc2ccc(N3C(=O)[C@@H]4CC[C@H](C)C[C@H]4C3=O)cc2[N+](=O)[O-])cc1. The predicted molar refractivity (Wildman–Crippen MR) is 130 cm³/mol. The predicted octanol–water partition coefficient (Wildman–Crippen LogP) is 5.83. The number of unbranched alkanes of at least 4 members (excludes halogenated alkanes) is 2. The van der Waals surface area contributed by atoms with E-state index in [0.717, 1.165) is 36.3 Å². The Morgan fingerprint density at radius 1 is 1.06 bits per heavy atom. The molecule has 34 heavy (non-hydrogen) atoms. The van der Waals surface area contributed by atoms with Crippen molar-refractivity contribution in [1.82, 2.24) is 0 Å². The average Bonchev–Trinajstić information content (AvgIpc) is 3.07. The van der Waals surface area contributed by atoms with Gasteiger partial charge in [-0.1, -0.05) is 26.7 Å². The van der Waals surface area contributed by atoms with Crippen molar-refractivity contribution in [3.05, 3.63) is 52.6 Å². The minimum Gasteiger partial charge on any atom is -0.494 e. The Morgan fingerprint density at radius 2 is 1.79 bits per heavy atom. The molecule has 3 atom stereocenters. The second-order valence-corrected chi connectivity index (χ2v) is 9.31. The molecule has 1 aliphatic heterocycles. The number of benzene rings is 2. The maximum atomic E-state index is 13.0. The zero-order valence-electron chi connectivity index (χ0n) is 19.7. The van der Waals surface area contributed by atoms with E-state index in [1.165, 1.54) is 6.07 Å². The molecule has 0 spiro atoms. The molecule has 0 aromatic heterocycles. The number of nitro benzene ring substituents is 1. The lowest BCUT2D eigenvalue weighted by Crippen LogP contribution is -2.30. The third kappa shape index (κ3) is 4.90. The second kappa shape index (κ2) is 10.2. The number of ether oxygens (including phenoxy) is 1. The van der Waals surface area contributed by atoms with E-state index in [9.17, 15) is 19.7 Å². The monoisotopic (exact) mass is 465 g/mol. The summed E-state index contributed by atoms with van der Waals surface area (Å²) in [5, 5.41) is 14.9. The van der Waals surface area contributed by atoms with Gasteiger partial charge in [0.1, 0.15) is 11.4 Å². The Kier molecular flexibility index (Phi) is 7.14. The van der Waals surface area contributed by atoms with Crippen molar-refractivity contribution >= 4 is 34.6 Å². The molecule has 8 heteroatoms. The van der Waals surface area contributed by atoms with Gasteiger partial charge in [0, 0.05) is 11.8 Å². The first-order chi connectivity index (χ1) is 16.4. The van der Waals surface area contributed by atoms with Crippen molar-refractivity contribution in [1.29, 1.82) is 0 Å². The van der Waals surface area contributed by atoms with Crippen molar-refractivity contribution in [3.8, 4) is 5.75 Å². The molecule has 1 saturated carbocycles. The normalized spacial score (nSPS) is 21.9. The van der Waals surface area contributed by atoms with Crippen LogP contribution in [0.15, 0.2) is 42.5 Å². The van der Waals surface area contributed by atoms with Gasteiger partial charge in [0.15, 0.2) is 0 Å².